The summed E-state index contributed by atoms with van der Waals surface area (Å²) < 4.78 is 1.73. The lowest BCUT2D eigenvalue weighted by molar-refractivity contribution is -0.134. The maximum atomic E-state index is 12.5. The monoisotopic (exact) mass is 333 g/mol. The fourth-order valence-corrected chi connectivity index (χ4v) is 3.54. The normalized spacial score (nSPS) is 22.2. The van der Waals surface area contributed by atoms with E-state index in [-0.39, 0.29) is 12.0 Å². The van der Waals surface area contributed by atoms with Crippen LogP contribution < -0.4 is 10.6 Å². The molecule has 8 heteroatoms. The largest absolute Gasteiger partial charge is 0.352 e. The molecule has 8 nitrogen and oxygen atoms in total. The molecular weight excluding hydrogens is 306 g/mol. The van der Waals surface area contributed by atoms with Crippen LogP contribution in [0.2, 0.25) is 0 Å². The molecule has 2 fully saturated rings. The minimum Gasteiger partial charge on any atom is -0.352 e. The molecule has 2 heterocycles. The van der Waals surface area contributed by atoms with Crippen molar-refractivity contribution < 1.29 is 4.79 Å². The Morgan fingerprint density at radius 3 is 2.83 bits per heavy atom. The van der Waals surface area contributed by atoms with Gasteiger partial charge in [-0.1, -0.05) is 12.8 Å². The molecule has 2 N–H and O–H groups in total. The first kappa shape index (κ1) is 16.7. The number of carbonyl (C=O) groups is 1. The highest BCUT2D eigenvalue weighted by Gasteiger charge is 2.32. The average Bonchev–Trinajstić information content (AvgIpc) is 3.33. The zero-order chi connectivity index (χ0) is 16.9. The summed E-state index contributed by atoms with van der Waals surface area (Å²) in [6.45, 7) is 2.17. The molecule has 0 spiro atoms. The second-order valence-corrected chi connectivity index (χ2v) is 6.62. The average molecular weight is 333 g/mol. The van der Waals surface area contributed by atoms with Crippen LogP contribution in [-0.2, 0) is 18.4 Å². The molecule has 1 aliphatic heterocycles. The second kappa shape index (κ2) is 7.63. The van der Waals surface area contributed by atoms with Crippen LogP contribution in [0.5, 0.6) is 0 Å². The smallest absolute Gasteiger partial charge is 0.225 e. The number of aliphatic imine (C=N–C) groups is 1. The topological polar surface area (TPSA) is 87.4 Å². The SMILES string of the molecule is CN=C(NCc1ncnn1C)NC1CCN(C(=O)C2CCCC2)C1. The van der Waals surface area contributed by atoms with Crippen molar-refractivity contribution in [2.75, 3.05) is 20.1 Å². The van der Waals surface area contributed by atoms with Gasteiger partial charge in [0.25, 0.3) is 0 Å². The number of likely N-dealkylation sites (tertiary alicyclic amines) is 1. The van der Waals surface area contributed by atoms with Gasteiger partial charge < -0.3 is 15.5 Å². The van der Waals surface area contributed by atoms with Crippen LogP contribution >= 0.6 is 0 Å². The van der Waals surface area contributed by atoms with Crippen molar-refractivity contribution in [3.63, 3.8) is 0 Å². The third-order valence-corrected chi connectivity index (χ3v) is 4.99. The number of rotatable bonds is 4. The first-order valence-corrected chi connectivity index (χ1v) is 8.76. The van der Waals surface area contributed by atoms with E-state index in [1.807, 2.05) is 11.9 Å². The maximum absolute atomic E-state index is 12.5. The van der Waals surface area contributed by atoms with Gasteiger partial charge in [-0.15, -0.1) is 0 Å². The number of hydrogen-bond acceptors (Lipinski definition) is 4. The fraction of sp³-hybridized carbons (Fsp3) is 0.750. The minimum absolute atomic E-state index is 0.251. The Morgan fingerprint density at radius 1 is 1.38 bits per heavy atom. The third kappa shape index (κ3) is 3.85. The molecule has 0 bridgehead atoms. The van der Waals surface area contributed by atoms with Gasteiger partial charge in [0.15, 0.2) is 5.96 Å². The molecule has 24 heavy (non-hydrogen) atoms. The van der Waals surface area contributed by atoms with Crippen molar-refractivity contribution in [1.82, 2.24) is 30.3 Å². The van der Waals surface area contributed by atoms with E-state index in [2.05, 4.69) is 25.7 Å². The van der Waals surface area contributed by atoms with Crippen LogP contribution in [0.4, 0.5) is 0 Å². The summed E-state index contributed by atoms with van der Waals surface area (Å²) in [5.74, 6) is 2.19. The highest BCUT2D eigenvalue weighted by Crippen LogP contribution is 2.27. The number of carbonyl (C=O) groups excluding carboxylic acids is 1. The van der Waals surface area contributed by atoms with E-state index < -0.39 is 0 Å². The highest BCUT2D eigenvalue weighted by molar-refractivity contribution is 5.81. The number of amides is 1. The van der Waals surface area contributed by atoms with Crippen LogP contribution in [0.15, 0.2) is 11.3 Å². The Morgan fingerprint density at radius 2 is 2.17 bits per heavy atom. The summed E-state index contributed by atoms with van der Waals surface area (Å²) in [5.41, 5.74) is 0. The van der Waals surface area contributed by atoms with Gasteiger partial charge in [0.1, 0.15) is 12.2 Å². The molecular formula is C16H27N7O. The lowest BCUT2D eigenvalue weighted by atomic mass is 10.1. The molecule has 0 radical (unpaired) electrons. The minimum atomic E-state index is 0.251. The van der Waals surface area contributed by atoms with E-state index in [4.69, 9.17) is 0 Å². The number of guanidine groups is 1. The molecule has 2 aliphatic rings. The molecule has 1 unspecified atom stereocenters. The molecule has 1 aromatic rings. The van der Waals surface area contributed by atoms with Gasteiger partial charge in [-0.05, 0) is 19.3 Å². The summed E-state index contributed by atoms with van der Waals surface area (Å²) in [6, 6.07) is 0.251. The quantitative estimate of drug-likeness (QED) is 0.610. The van der Waals surface area contributed by atoms with Gasteiger partial charge in [-0.2, -0.15) is 5.10 Å². The summed E-state index contributed by atoms with van der Waals surface area (Å²) >= 11 is 0. The molecule has 3 rings (SSSR count). The number of nitrogens with one attached hydrogen (secondary N) is 2. The Hall–Kier alpha value is -2.12. The Bertz CT molecular complexity index is 591. The molecule has 1 amide bonds. The van der Waals surface area contributed by atoms with E-state index >= 15 is 0 Å². The number of aryl methyl sites for hydroxylation is 1. The van der Waals surface area contributed by atoms with E-state index in [0.29, 0.717) is 12.5 Å². The Labute approximate surface area is 142 Å². The summed E-state index contributed by atoms with van der Waals surface area (Å²) in [7, 11) is 3.62. The Kier molecular flexibility index (Phi) is 5.32. The second-order valence-electron chi connectivity index (χ2n) is 6.62. The van der Waals surface area contributed by atoms with Crippen molar-refractivity contribution in [1.29, 1.82) is 0 Å². The van der Waals surface area contributed by atoms with Crippen molar-refractivity contribution in [2.45, 2.75) is 44.7 Å². The van der Waals surface area contributed by atoms with Gasteiger partial charge in [-0.25, -0.2) is 4.98 Å². The molecule has 1 saturated heterocycles. The van der Waals surface area contributed by atoms with Gasteiger partial charge in [-0.3, -0.25) is 14.5 Å². The van der Waals surface area contributed by atoms with Crippen molar-refractivity contribution in [3.8, 4) is 0 Å². The fourth-order valence-electron chi connectivity index (χ4n) is 3.54. The van der Waals surface area contributed by atoms with Crippen molar-refractivity contribution in [3.05, 3.63) is 12.2 Å². The van der Waals surface area contributed by atoms with Crippen molar-refractivity contribution in [2.24, 2.45) is 18.0 Å². The van der Waals surface area contributed by atoms with Crippen LogP contribution in [0.3, 0.4) is 0 Å². The zero-order valence-electron chi connectivity index (χ0n) is 14.5. The predicted octanol–water partition coefficient (Wildman–Crippen LogP) is 0.271. The first-order valence-electron chi connectivity index (χ1n) is 8.76. The summed E-state index contributed by atoms with van der Waals surface area (Å²) in [4.78, 5) is 23.0. The van der Waals surface area contributed by atoms with Crippen molar-refractivity contribution >= 4 is 11.9 Å². The van der Waals surface area contributed by atoms with Crippen LogP contribution in [0.1, 0.15) is 37.9 Å². The summed E-state index contributed by atoms with van der Waals surface area (Å²) in [5, 5.41) is 10.7. The molecule has 1 atom stereocenters. The lowest BCUT2D eigenvalue weighted by Gasteiger charge is -2.21. The van der Waals surface area contributed by atoms with E-state index in [1.54, 1.807) is 11.7 Å². The predicted molar refractivity (Wildman–Crippen MR) is 91.3 cm³/mol. The zero-order valence-corrected chi connectivity index (χ0v) is 14.5. The van der Waals surface area contributed by atoms with Gasteiger partial charge in [0, 0.05) is 39.1 Å². The lowest BCUT2D eigenvalue weighted by Crippen LogP contribution is -2.45. The molecule has 1 saturated carbocycles. The number of aromatic nitrogens is 3. The highest BCUT2D eigenvalue weighted by atomic mass is 16.2. The first-order chi connectivity index (χ1) is 11.7. The van der Waals surface area contributed by atoms with Crippen LogP contribution in [0.25, 0.3) is 0 Å². The van der Waals surface area contributed by atoms with Gasteiger partial charge in [0.05, 0.1) is 6.54 Å². The number of nitrogens with zero attached hydrogens (tertiary/aromatic N) is 5. The van der Waals surface area contributed by atoms with E-state index in [9.17, 15) is 4.79 Å². The van der Waals surface area contributed by atoms with E-state index in [0.717, 1.165) is 44.1 Å². The van der Waals surface area contributed by atoms with Crippen LogP contribution in [0, 0.1) is 5.92 Å². The van der Waals surface area contributed by atoms with Gasteiger partial charge >= 0.3 is 0 Å². The molecule has 132 valence electrons. The van der Waals surface area contributed by atoms with Crippen LogP contribution in [-0.4, -0.2) is 57.7 Å². The third-order valence-electron chi connectivity index (χ3n) is 4.99. The Balaban J connectivity index is 1.46. The standard InChI is InChI=1S/C16H27N7O/c1-17-16(18-9-14-19-11-20-22(14)2)21-13-7-8-23(10-13)15(24)12-5-3-4-6-12/h11-13H,3-10H2,1-2H3,(H2,17,18,21). The molecule has 0 aromatic carbocycles. The van der Waals surface area contributed by atoms with E-state index in [1.165, 1.54) is 19.2 Å². The number of hydrogen-bond donors (Lipinski definition) is 2. The van der Waals surface area contributed by atoms with Gasteiger partial charge in [0.2, 0.25) is 5.91 Å². The summed E-state index contributed by atoms with van der Waals surface area (Å²) in [6.07, 6.45) is 7.03. The molecule has 1 aliphatic carbocycles. The maximum Gasteiger partial charge on any atom is 0.225 e. The molecule has 1 aromatic heterocycles.